The van der Waals surface area contributed by atoms with Gasteiger partial charge in [0, 0.05) is 32.7 Å². The molecule has 0 radical (unpaired) electrons. The maximum atomic E-state index is 12.0. The molecule has 0 aliphatic heterocycles. The quantitative estimate of drug-likeness (QED) is 0.0363. The third-order valence-electron chi connectivity index (χ3n) is 18.2. The number of hydrogen-bond acceptors (Lipinski definition) is 10. The van der Waals surface area contributed by atoms with Crippen molar-refractivity contribution in [2.24, 2.45) is 10.8 Å². The second-order valence-electron chi connectivity index (χ2n) is 27.0. The summed E-state index contributed by atoms with van der Waals surface area (Å²) in [6.45, 7) is 47.3. The Balaban J connectivity index is 0.000000357. The van der Waals surface area contributed by atoms with Crippen molar-refractivity contribution in [1.82, 2.24) is 9.97 Å². The number of alkyl halides is 2. The molecule has 2 unspecified atom stereocenters. The van der Waals surface area contributed by atoms with Gasteiger partial charge in [0.2, 0.25) is 0 Å². The number of thiazole rings is 2. The van der Waals surface area contributed by atoms with E-state index in [0.29, 0.717) is 13.2 Å². The molecule has 0 saturated heterocycles. The van der Waals surface area contributed by atoms with Gasteiger partial charge < -0.3 is 19.0 Å². The minimum Gasteiger partial charge on any atom is -0.466 e. The van der Waals surface area contributed by atoms with E-state index < -0.39 is 8.32 Å². The minimum absolute atomic E-state index is 0.0656. The summed E-state index contributed by atoms with van der Waals surface area (Å²) in [5.74, 6) is -0.467. The lowest BCUT2D eigenvalue weighted by molar-refractivity contribution is -0.143. The normalized spacial score (nSPS) is 13.1. The van der Waals surface area contributed by atoms with Crippen LogP contribution in [-0.2, 0) is 60.0 Å². The van der Waals surface area contributed by atoms with Gasteiger partial charge >= 0.3 is 11.9 Å². The first-order valence-electron chi connectivity index (χ1n) is 31.4. The number of halogens is 2. The second kappa shape index (κ2) is 32.5. The standard InChI is InChI=1S/C39H59NO3SSi.C33H45NO3S.CH2Cl2/c1-14-39(15-2,31-20-21-33(28(5)24-31)36-40-32(26-44-36)25-35(41)42-16-3)30-19-17-29(27(4)23-30)18-22-34(37(6,7)8)43-45(12,13)38(9,10)11;1-9-33(10-2,25-14-12-24(22(4)18-25)13-17-29(35)32(6,7)8)26-15-16-28(23(5)19-26)31-34-27(21-38-31)20-30(36)37-11-3;2-1-3/h17,19-21,23-24,26,34H,14-16,18,22,25H2,1-13H3;12,14-16,18-19,21,29,35H,9-11,13,17,20H2,1-8H3;1H2. The largest absolute Gasteiger partial charge is 0.466 e. The molecule has 6 aromatic rings. The van der Waals surface area contributed by atoms with Gasteiger partial charge in [-0.3, -0.25) is 9.59 Å². The molecule has 86 heavy (non-hydrogen) atoms. The lowest BCUT2D eigenvalue weighted by Gasteiger charge is -2.43. The molecule has 0 amide bonds. The summed E-state index contributed by atoms with van der Waals surface area (Å²) in [7, 11) is -1.87. The second-order valence-corrected chi connectivity index (χ2v) is 34.2. The van der Waals surface area contributed by atoms with E-state index in [4.69, 9.17) is 47.1 Å². The first-order valence-corrected chi connectivity index (χ1v) is 37.1. The molecule has 1 N–H and O–H groups in total. The van der Waals surface area contributed by atoms with Crippen LogP contribution in [0.25, 0.3) is 21.1 Å². The number of nitrogens with zero attached hydrogens (tertiary/aromatic N) is 2. The molecule has 2 atom stereocenters. The highest BCUT2D eigenvalue weighted by atomic mass is 35.5. The van der Waals surface area contributed by atoms with Gasteiger partial charge in [-0.25, -0.2) is 9.97 Å². The molecule has 2 heterocycles. The van der Waals surface area contributed by atoms with Gasteiger partial charge in [0.15, 0.2) is 8.32 Å². The van der Waals surface area contributed by atoms with Crippen LogP contribution in [-0.4, -0.2) is 66.1 Å². The predicted molar refractivity (Wildman–Crippen MR) is 371 cm³/mol. The summed E-state index contributed by atoms with van der Waals surface area (Å²) in [4.78, 5) is 33.3. The van der Waals surface area contributed by atoms with E-state index in [1.54, 1.807) is 22.7 Å². The van der Waals surface area contributed by atoms with Crippen LogP contribution in [0.4, 0.5) is 0 Å². The molecule has 8 nitrogen and oxygen atoms in total. The van der Waals surface area contributed by atoms with Gasteiger partial charge in [-0.2, -0.15) is 0 Å². The highest BCUT2D eigenvalue weighted by Gasteiger charge is 2.42. The van der Waals surface area contributed by atoms with Crippen LogP contribution in [0.5, 0.6) is 0 Å². The smallest absolute Gasteiger partial charge is 0.311 e. The van der Waals surface area contributed by atoms with E-state index in [0.717, 1.165) is 83.9 Å². The minimum atomic E-state index is -1.87. The lowest BCUT2D eigenvalue weighted by Crippen LogP contribution is -2.47. The summed E-state index contributed by atoms with van der Waals surface area (Å²) in [6.07, 6.45) is 8.10. The molecule has 0 spiro atoms. The maximum absolute atomic E-state index is 12.0. The van der Waals surface area contributed by atoms with Gasteiger partial charge in [0.1, 0.15) is 10.0 Å². The number of hydrogen-bond donors (Lipinski definition) is 1. The van der Waals surface area contributed by atoms with Crippen molar-refractivity contribution < 1.29 is 28.6 Å². The Labute approximate surface area is 539 Å². The summed E-state index contributed by atoms with van der Waals surface area (Å²) >= 11 is 12.7. The average Bonchev–Trinajstić information content (AvgIpc) is 1.23. The molecule has 0 aliphatic carbocycles. The van der Waals surface area contributed by atoms with Gasteiger partial charge in [0.05, 0.1) is 55.0 Å². The fourth-order valence-corrected chi connectivity index (χ4v) is 14.7. The molecule has 2 aromatic heterocycles. The summed E-state index contributed by atoms with van der Waals surface area (Å²) in [5, 5.41) is 16.7. The van der Waals surface area contributed by atoms with E-state index in [1.807, 2.05) is 24.6 Å². The van der Waals surface area contributed by atoms with E-state index in [1.165, 1.54) is 55.6 Å². The number of carbonyl (C=O) groups is 2. The Morgan fingerprint density at radius 2 is 0.895 bits per heavy atom. The Hall–Kier alpha value is -4.20. The Morgan fingerprint density at radius 1 is 0.547 bits per heavy atom. The molecule has 13 heteroatoms. The zero-order valence-electron chi connectivity index (χ0n) is 56.4. The number of aromatic nitrogens is 2. The Kier molecular flexibility index (Phi) is 28.1. The van der Waals surface area contributed by atoms with Gasteiger partial charge in [-0.05, 0) is 178 Å². The number of carbonyl (C=O) groups excluding carboxylic acids is 2. The number of aliphatic hydroxyl groups excluding tert-OH is 1. The molecular formula is C73H106Cl2N2O6S2Si. The zero-order chi connectivity index (χ0) is 64.6. The van der Waals surface area contributed by atoms with Crippen molar-refractivity contribution in [3.05, 3.63) is 151 Å². The molecular weight excluding hydrogens is 1160 g/mol. The first kappa shape index (κ1) is 74.3. The van der Waals surface area contributed by atoms with Crippen LogP contribution in [0.2, 0.25) is 18.1 Å². The van der Waals surface area contributed by atoms with Crippen molar-refractivity contribution >= 4 is 66.1 Å². The van der Waals surface area contributed by atoms with Crippen LogP contribution in [0, 0.1) is 38.5 Å². The number of esters is 2. The van der Waals surface area contributed by atoms with Crippen molar-refractivity contribution in [1.29, 1.82) is 0 Å². The number of rotatable bonds is 24. The molecule has 0 aliphatic rings. The molecule has 0 bridgehead atoms. The fourth-order valence-electron chi connectivity index (χ4n) is 11.4. The third kappa shape index (κ3) is 19.4. The number of aryl methyl sites for hydroxylation is 6. The van der Waals surface area contributed by atoms with Crippen molar-refractivity contribution in [3.63, 3.8) is 0 Å². The van der Waals surface area contributed by atoms with Gasteiger partial charge in [0.25, 0.3) is 0 Å². The summed E-state index contributed by atoms with van der Waals surface area (Å²) in [6, 6.07) is 27.7. The molecule has 6 rings (SSSR count). The maximum Gasteiger partial charge on any atom is 0.311 e. The van der Waals surface area contributed by atoms with Gasteiger partial charge in [-0.15, -0.1) is 45.9 Å². The van der Waals surface area contributed by atoms with Crippen molar-refractivity contribution in [2.45, 2.75) is 237 Å². The highest BCUT2D eigenvalue weighted by Crippen LogP contribution is 2.45. The summed E-state index contributed by atoms with van der Waals surface area (Å²) < 4.78 is 17.2. The van der Waals surface area contributed by atoms with Crippen LogP contribution < -0.4 is 0 Å². The van der Waals surface area contributed by atoms with Crippen LogP contribution in [0.15, 0.2) is 83.6 Å². The van der Waals surface area contributed by atoms with Crippen LogP contribution in [0.1, 0.15) is 209 Å². The topological polar surface area (TPSA) is 108 Å². The summed E-state index contributed by atoms with van der Waals surface area (Å²) in [5.41, 5.74) is 16.8. The van der Waals surface area contributed by atoms with Crippen LogP contribution in [0.3, 0.4) is 0 Å². The Bertz CT molecular complexity index is 3120. The van der Waals surface area contributed by atoms with Crippen molar-refractivity contribution in [2.75, 3.05) is 18.6 Å². The number of benzene rings is 4. The van der Waals surface area contributed by atoms with E-state index >= 15 is 0 Å². The van der Waals surface area contributed by atoms with E-state index in [9.17, 15) is 14.7 Å². The molecule has 474 valence electrons. The predicted octanol–water partition coefficient (Wildman–Crippen LogP) is 20.4. The number of aliphatic hydroxyl groups is 1. The fraction of sp³-hybridized carbons (Fsp3) is 0.562. The molecule has 0 saturated carbocycles. The molecule has 0 fully saturated rings. The molecule has 4 aromatic carbocycles. The SMILES string of the molecule is CCOC(=O)Cc1csc(-c2ccc(C(CC)(CC)c3ccc(CCC(O)C(C)(C)C)c(C)c3)cc2C)n1.CCOC(=O)Cc1csc(-c2ccc(C(CC)(CC)c3ccc(CCC(O[Si](C)(C)C(C)(C)C)C(C)(C)C)c(C)c3)cc2C)n1.ClCCl. The average molecular weight is 1270 g/mol. The number of ether oxygens (including phenoxy) is 2. The van der Waals surface area contributed by atoms with Gasteiger partial charge in [-0.1, -0.05) is 163 Å². The van der Waals surface area contributed by atoms with Crippen LogP contribution >= 0.6 is 45.9 Å². The zero-order valence-corrected chi connectivity index (χ0v) is 60.5. The Morgan fingerprint density at radius 3 is 1.20 bits per heavy atom. The lowest BCUT2D eigenvalue weighted by atomic mass is 9.69. The van der Waals surface area contributed by atoms with E-state index in [2.05, 4.69) is 204 Å². The van der Waals surface area contributed by atoms with E-state index in [-0.39, 0.29) is 69.0 Å². The monoisotopic (exact) mass is 1270 g/mol. The third-order valence-corrected chi connectivity index (χ3v) is 24.5. The highest BCUT2D eigenvalue weighted by molar-refractivity contribution is 7.13. The first-order chi connectivity index (χ1) is 40.2. The van der Waals surface area contributed by atoms with Crippen molar-refractivity contribution in [3.8, 4) is 21.1 Å².